The van der Waals surface area contributed by atoms with Crippen molar-refractivity contribution in [3.05, 3.63) is 156 Å². The van der Waals surface area contributed by atoms with Crippen LogP contribution in [0.3, 0.4) is 0 Å². The molecule has 0 aliphatic rings. The number of amides is 2. The van der Waals surface area contributed by atoms with E-state index in [1.54, 1.807) is 36.4 Å². The monoisotopic (exact) mass is 675 g/mol. The van der Waals surface area contributed by atoms with Crippen molar-refractivity contribution in [2.24, 2.45) is 0 Å². The van der Waals surface area contributed by atoms with E-state index in [-0.39, 0.29) is 29.5 Å². The first-order valence-corrected chi connectivity index (χ1v) is 17.7. The summed E-state index contributed by atoms with van der Waals surface area (Å²) in [7, 11) is -4.22. The molecule has 9 heteroatoms. The van der Waals surface area contributed by atoms with E-state index in [0.29, 0.717) is 18.0 Å². The Balaban J connectivity index is 1.55. The molecule has 0 fully saturated rings. The standard InChI is InChI=1S/C40H41N3O5S/c1-4-41-40(45)38(27-32-13-7-5-8-14-32)42(28-33-15-11-12-31(3)26-33)39(44)29-43(49(46,47)37-24-18-30(2)19-25-37)34-20-22-36(23-21-34)48-35-16-9-6-10-17-35/h5-26,38H,4,27-29H2,1-3H3,(H,41,45)/t38-/m1/s1. The summed E-state index contributed by atoms with van der Waals surface area (Å²) < 4.78 is 35.7. The summed E-state index contributed by atoms with van der Waals surface area (Å²) >= 11 is 0. The Morgan fingerprint density at radius 2 is 1.33 bits per heavy atom. The van der Waals surface area contributed by atoms with Crippen LogP contribution in [-0.2, 0) is 32.6 Å². The zero-order valence-electron chi connectivity index (χ0n) is 28.0. The van der Waals surface area contributed by atoms with Gasteiger partial charge < -0.3 is 15.0 Å². The summed E-state index contributed by atoms with van der Waals surface area (Å²) in [5.74, 6) is 0.307. The van der Waals surface area contributed by atoms with Crippen LogP contribution in [0.15, 0.2) is 138 Å². The molecule has 1 N–H and O–H groups in total. The average molecular weight is 676 g/mol. The first kappa shape index (κ1) is 34.9. The van der Waals surface area contributed by atoms with Gasteiger partial charge in [0.1, 0.15) is 24.1 Å². The molecule has 0 aliphatic heterocycles. The quantitative estimate of drug-likeness (QED) is 0.136. The van der Waals surface area contributed by atoms with Crippen LogP contribution in [0.2, 0.25) is 0 Å². The molecule has 0 saturated heterocycles. The van der Waals surface area contributed by atoms with E-state index < -0.39 is 28.5 Å². The summed E-state index contributed by atoms with van der Waals surface area (Å²) in [6.07, 6.45) is 0.250. The molecule has 0 aromatic heterocycles. The zero-order valence-corrected chi connectivity index (χ0v) is 28.8. The van der Waals surface area contributed by atoms with Crippen LogP contribution in [0, 0.1) is 13.8 Å². The first-order chi connectivity index (χ1) is 23.6. The highest BCUT2D eigenvalue weighted by Gasteiger charge is 2.34. The Morgan fingerprint density at radius 1 is 0.714 bits per heavy atom. The molecule has 49 heavy (non-hydrogen) atoms. The number of carbonyl (C=O) groups excluding carboxylic acids is 2. The van der Waals surface area contributed by atoms with E-state index in [0.717, 1.165) is 26.6 Å². The van der Waals surface area contributed by atoms with E-state index in [9.17, 15) is 18.0 Å². The van der Waals surface area contributed by atoms with Gasteiger partial charge in [-0.1, -0.05) is 96.1 Å². The van der Waals surface area contributed by atoms with E-state index in [1.165, 1.54) is 17.0 Å². The van der Waals surface area contributed by atoms with E-state index >= 15 is 0 Å². The van der Waals surface area contributed by atoms with E-state index in [2.05, 4.69) is 5.32 Å². The number of hydrogen-bond donors (Lipinski definition) is 1. The number of nitrogens with one attached hydrogen (secondary N) is 1. The largest absolute Gasteiger partial charge is 0.457 e. The maximum absolute atomic E-state index is 14.6. The third kappa shape index (κ3) is 9.15. The summed E-state index contributed by atoms with van der Waals surface area (Å²) in [6.45, 7) is 5.61. The van der Waals surface area contributed by atoms with Crippen molar-refractivity contribution in [3.8, 4) is 11.5 Å². The zero-order chi connectivity index (χ0) is 34.8. The number of aryl methyl sites for hydroxylation is 2. The molecule has 252 valence electrons. The lowest BCUT2D eigenvalue weighted by atomic mass is 10.0. The minimum atomic E-state index is -4.22. The third-order valence-corrected chi connectivity index (χ3v) is 9.84. The summed E-state index contributed by atoms with van der Waals surface area (Å²) in [4.78, 5) is 29.8. The maximum atomic E-state index is 14.6. The van der Waals surface area contributed by atoms with Gasteiger partial charge in [-0.3, -0.25) is 13.9 Å². The van der Waals surface area contributed by atoms with Crippen LogP contribution in [-0.4, -0.2) is 44.3 Å². The van der Waals surface area contributed by atoms with Crippen LogP contribution >= 0.6 is 0 Å². The van der Waals surface area contributed by atoms with Gasteiger partial charge in [-0.25, -0.2) is 8.42 Å². The number of benzene rings is 5. The topological polar surface area (TPSA) is 96.0 Å². The molecule has 8 nitrogen and oxygen atoms in total. The Labute approximate surface area is 289 Å². The molecular weight excluding hydrogens is 635 g/mol. The summed E-state index contributed by atoms with van der Waals surface area (Å²) in [5.41, 5.74) is 3.88. The van der Waals surface area contributed by atoms with Crippen molar-refractivity contribution in [2.75, 3.05) is 17.4 Å². The smallest absolute Gasteiger partial charge is 0.264 e. The minimum absolute atomic E-state index is 0.0466. The second-order valence-electron chi connectivity index (χ2n) is 11.8. The Bertz CT molecular complexity index is 1950. The van der Waals surface area contributed by atoms with Crippen molar-refractivity contribution in [2.45, 2.75) is 44.7 Å². The lowest BCUT2D eigenvalue weighted by Crippen LogP contribution is -2.53. The maximum Gasteiger partial charge on any atom is 0.264 e. The number of hydrogen-bond acceptors (Lipinski definition) is 5. The number of sulfonamides is 1. The molecule has 2 amide bonds. The molecular formula is C40H41N3O5S. The molecule has 5 aromatic carbocycles. The number of rotatable bonds is 14. The second kappa shape index (κ2) is 16.1. The molecule has 1 atom stereocenters. The fourth-order valence-corrected chi connectivity index (χ4v) is 6.94. The fourth-order valence-electron chi connectivity index (χ4n) is 5.52. The Hall–Kier alpha value is -5.41. The van der Waals surface area contributed by atoms with Crippen molar-refractivity contribution < 1.29 is 22.7 Å². The van der Waals surface area contributed by atoms with Gasteiger partial charge in [-0.2, -0.15) is 0 Å². The SMILES string of the molecule is CCNC(=O)[C@@H](Cc1ccccc1)N(Cc1cccc(C)c1)C(=O)CN(c1ccc(Oc2ccccc2)cc1)S(=O)(=O)c1ccc(C)cc1. The normalized spacial score (nSPS) is 11.7. The van der Waals surface area contributed by atoms with Gasteiger partial charge >= 0.3 is 0 Å². The highest BCUT2D eigenvalue weighted by atomic mass is 32.2. The van der Waals surface area contributed by atoms with Gasteiger partial charge in [0.25, 0.3) is 10.0 Å². The fraction of sp³-hybridized carbons (Fsp3) is 0.200. The second-order valence-corrected chi connectivity index (χ2v) is 13.7. The van der Waals surface area contributed by atoms with Gasteiger partial charge in [0.05, 0.1) is 10.6 Å². The van der Waals surface area contributed by atoms with E-state index in [1.807, 2.05) is 106 Å². The molecule has 0 saturated carbocycles. The summed E-state index contributed by atoms with van der Waals surface area (Å²) in [5, 5.41) is 2.89. The van der Waals surface area contributed by atoms with E-state index in [4.69, 9.17) is 4.74 Å². The molecule has 5 rings (SSSR count). The van der Waals surface area contributed by atoms with Crippen LogP contribution in [0.5, 0.6) is 11.5 Å². The average Bonchev–Trinajstić information content (AvgIpc) is 3.10. The molecule has 0 spiro atoms. The number of ether oxygens (including phenoxy) is 1. The highest BCUT2D eigenvalue weighted by molar-refractivity contribution is 7.92. The van der Waals surface area contributed by atoms with Crippen LogP contribution in [0.1, 0.15) is 29.2 Å². The van der Waals surface area contributed by atoms with Gasteiger partial charge in [-0.15, -0.1) is 0 Å². The number of likely N-dealkylation sites (N-methyl/N-ethyl adjacent to an activating group) is 1. The number of para-hydroxylation sites is 1. The van der Waals surface area contributed by atoms with Crippen LogP contribution in [0.4, 0.5) is 5.69 Å². The minimum Gasteiger partial charge on any atom is -0.457 e. The lowest BCUT2D eigenvalue weighted by Gasteiger charge is -2.34. The molecule has 0 unspecified atom stereocenters. The van der Waals surface area contributed by atoms with Crippen molar-refractivity contribution in [1.29, 1.82) is 0 Å². The third-order valence-electron chi connectivity index (χ3n) is 8.05. The van der Waals surface area contributed by atoms with Gasteiger partial charge in [0.15, 0.2) is 0 Å². The summed E-state index contributed by atoms with van der Waals surface area (Å²) in [6, 6.07) is 38.7. The molecule has 0 heterocycles. The van der Waals surface area contributed by atoms with Crippen LogP contribution in [0.25, 0.3) is 0 Å². The Kier molecular flexibility index (Phi) is 11.5. The number of nitrogens with zero attached hydrogens (tertiary/aromatic N) is 2. The molecule has 5 aromatic rings. The predicted octanol–water partition coefficient (Wildman–Crippen LogP) is 7.07. The number of carbonyl (C=O) groups is 2. The highest BCUT2D eigenvalue weighted by Crippen LogP contribution is 2.29. The Morgan fingerprint density at radius 3 is 1.96 bits per heavy atom. The van der Waals surface area contributed by atoms with Crippen molar-refractivity contribution >= 4 is 27.5 Å². The molecule has 0 radical (unpaired) electrons. The van der Waals surface area contributed by atoms with Crippen LogP contribution < -0.4 is 14.4 Å². The lowest BCUT2D eigenvalue weighted by molar-refractivity contribution is -0.140. The molecule has 0 bridgehead atoms. The first-order valence-electron chi connectivity index (χ1n) is 16.2. The number of anilines is 1. The van der Waals surface area contributed by atoms with Gasteiger partial charge in [-0.05, 0) is 80.4 Å². The van der Waals surface area contributed by atoms with Crippen molar-refractivity contribution in [1.82, 2.24) is 10.2 Å². The van der Waals surface area contributed by atoms with Gasteiger partial charge in [0, 0.05) is 19.5 Å². The predicted molar refractivity (Wildman–Crippen MR) is 193 cm³/mol. The van der Waals surface area contributed by atoms with Crippen molar-refractivity contribution in [3.63, 3.8) is 0 Å². The van der Waals surface area contributed by atoms with Gasteiger partial charge in [0.2, 0.25) is 11.8 Å². The molecule has 0 aliphatic carbocycles.